The normalized spacial score (nSPS) is 18.1. The van der Waals surface area contributed by atoms with Crippen molar-refractivity contribution in [1.82, 2.24) is 5.48 Å². The Labute approximate surface area is 139 Å². The average Bonchev–Trinajstić information content (AvgIpc) is 3.04. The first-order valence-electron chi connectivity index (χ1n) is 8.25. The molecule has 1 fully saturated rings. The molecule has 0 radical (unpaired) electrons. The number of hydroxylamine groups is 1. The highest BCUT2D eigenvalue weighted by Crippen LogP contribution is 2.30. The smallest absolute Gasteiger partial charge is 0.248 e. The molecule has 0 unspecified atom stereocenters. The van der Waals surface area contributed by atoms with Gasteiger partial charge in [0.05, 0.1) is 12.7 Å². The second kappa shape index (κ2) is 6.63. The molecule has 2 aromatic carbocycles. The van der Waals surface area contributed by atoms with E-state index in [1.807, 2.05) is 30.3 Å². The lowest BCUT2D eigenvalue weighted by Gasteiger charge is -2.22. The fourth-order valence-electron chi connectivity index (χ4n) is 3.15. The zero-order valence-corrected chi connectivity index (χ0v) is 13.3. The summed E-state index contributed by atoms with van der Waals surface area (Å²) in [6.07, 6.45) is 4.41. The van der Waals surface area contributed by atoms with E-state index in [1.165, 1.54) is 0 Å². The Hall–Kier alpha value is -2.37. The number of fused-ring (bicyclic) bond motifs is 3. The summed E-state index contributed by atoms with van der Waals surface area (Å²) in [5.41, 5.74) is 4.14. The van der Waals surface area contributed by atoms with Crippen molar-refractivity contribution < 1.29 is 18.8 Å². The maximum atomic E-state index is 12.2. The van der Waals surface area contributed by atoms with Crippen LogP contribution in [0, 0.1) is 0 Å². The molecular formula is C19H19NO4. The van der Waals surface area contributed by atoms with E-state index < -0.39 is 0 Å². The van der Waals surface area contributed by atoms with Gasteiger partial charge in [-0.2, -0.15) is 0 Å². The fraction of sp³-hybridized carbons (Fsp3) is 0.316. The minimum Gasteiger partial charge on any atom is -0.464 e. The predicted molar refractivity (Wildman–Crippen MR) is 90.2 cm³/mol. The summed E-state index contributed by atoms with van der Waals surface area (Å²) in [4.78, 5) is 17.5. The number of benzene rings is 2. The molecule has 1 atom stereocenters. The summed E-state index contributed by atoms with van der Waals surface area (Å²) in [6, 6.07) is 12.0. The lowest BCUT2D eigenvalue weighted by molar-refractivity contribution is -0.200. The first-order chi connectivity index (χ1) is 11.8. The van der Waals surface area contributed by atoms with Gasteiger partial charge < -0.3 is 9.15 Å². The van der Waals surface area contributed by atoms with Crippen molar-refractivity contribution in [3.05, 3.63) is 48.2 Å². The molecule has 4 rings (SSSR count). The average molecular weight is 325 g/mol. The summed E-state index contributed by atoms with van der Waals surface area (Å²) in [7, 11) is 0. The van der Waals surface area contributed by atoms with E-state index in [9.17, 15) is 4.79 Å². The fourth-order valence-corrected chi connectivity index (χ4v) is 3.15. The van der Waals surface area contributed by atoms with Gasteiger partial charge >= 0.3 is 0 Å². The molecule has 1 aliphatic heterocycles. The van der Waals surface area contributed by atoms with Crippen molar-refractivity contribution >= 4 is 27.6 Å². The van der Waals surface area contributed by atoms with Crippen LogP contribution in [0.4, 0.5) is 0 Å². The maximum absolute atomic E-state index is 12.2. The van der Waals surface area contributed by atoms with Crippen LogP contribution in [0.2, 0.25) is 0 Å². The molecule has 5 nitrogen and oxygen atoms in total. The molecule has 0 bridgehead atoms. The van der Waals surface area contributed by atoms with Crippen molar-refractivity contribution in [3.8, 4) is 0 Å². The molecule has 3 aromatic rings. The largest absolute Gasteiger partial charge is 0.464 e. The lowest BCUT2D eigenvalue weighted by Crippen LogP contribution is -2.33. The van der Waals surface area contributed by atoms with Crippen LogP contribution in [0.15, 0.2) is 47.1 Å². The number of hydrogen-bond acceptors (Lipinski definition) is 4. The van der Waals surface area contributed by atoms with Crippen LogP contribution in [0.5, 0.6) is 0 Å². The highest BCUT2D eigenvalue weighted by atomic mass is 16.8. The second-order valence-corrected chi connectivity index (χ2v) is 6.04. The molecule has 1 saturated heterocycles. The van der Waals surface area contributed by atoms with Crippen LogP contribution in [-0.4, -0.2) is 18.8 Å². The summed E-state index contributed by atoms with van der Waals surface area (Å²) >= 11 is 0. The van der Waals surface area contributed by atoms with Crippen LogP contribution >= 0.6 is 0 Å². The van der Waals surface area contributed by atoms with Gasteiger partial charge in [0.15, 0.2) is 6.29 Å². The molecule has 2 heterocycles. The number of carbonyl (C=O) groups excluding carboxylic acids is 1. The van der Waals surface area contributed by atoms with Gasteiger partial charge in [0.25, 0.3) is 0 Å². The van der Waals surface area contributed by atoms with Crippen molar-refractivity contribution in [2.45, 2.75) is 32.0 Å². The van der Waals surface area contributed by atoms with Crippen LogP contribution in [0.3, 0.4) is 0 Å². The minimum atomic E-state index is -0.343. The van der Waals surface area contributed by atoms with Crippen molar-refractivity contribution in [1.29, 1.82) is 0 Å². The molecule has 0 saturated carbocycles. The second-order valence-electron chi connectivity index (χ2n) is 6.04. The molecule has 1 N–H and O–H groups in total. The van der Waals surface area contributed by atoms with Gasteiger partial charge in [-0.15, -0.1) is 0 Å². The van der Waals surface area contributed by atoms with Gasteiger partial charge in [0.1, 0.15) is 5.58 Å². The Morgan fingerprint density at radius 3 is 3.00 bits per heavy atom. The molecule has 0 aliphatic carbocycles. The van der Waals surface area contributed by atoms with E-state index in [1.54, 1.807) is 6.26 Å². The number of nitrogens with one attached hydrogen (secondary N) is 1. The van der Waals surface area contributed by atoms with Crippen molar-refractivity contribution in [2.24, 2.45) is 0 Å². The van der Waals surface area contributed by atoms with Gasteiger partial charge in [0, 0.05) is 24.0 Å². The van der Waals surface area contributed by atoms with Gasteiger partial charge in [-0.25, -0.2) is 10.3 Å². The Morgan fingerprint density at radius 2 is 2.12 bits per heavy atom. The predicted octanol–water partition coefficient (Wildman–Crippen LogP) is 3.70. The topological polar surface area (TPSA) is 60.7 Å². The molecule has 1 aliphatic rings. The van der Waals surface area contributed by atoms with Gasteiger partial charge in [-0.3, -0.25) is 4.79 Å². The monoisotopic (exact) mass is 325 g/mol. The Morgan fingerprint density at radius 1 is 1.21 bits per heavy atom. The van der Waals surface area contributed by atoms with E-state index in [4.69, 9.17) is 14.0 Å². The highest BCUT2D eigenvalue weighted by Gasteiger charge is 2.17. The molecular weight excluding hydrogens is 306 g/mol. The van der Waals surface area contributed by atoms with Crippen molar-refractivity contribution in [2.75, 3.05) is 6.61 Å². The quantitative estimate of drug-likeness (QED) is 0.743. The minimum absolute atomic E-state index is 0.202. The third-order valence-corrected chi connectivity index (χ3v) is 4.33. The Bertz CT molecular complexity index is 864. The summed E-state index contributed by atoms with van der Waals surface area (Å²) < 4.78 is 11.0. The molecule has 1 amide bonds. The molecule has 1 aromatic heterocycles. The van der Waals surface area contributed by atoms with E-state index in [0.29, 0.717) is 6.61 Å². The Balaban J connectivity index is 1.51. The van der Waals surface area contributed by atoms with E-state index in [-0.39, 0.29) is 18.6 Å². The van der Waals surface area contributed by atoms with E-state index in [2.05, 4.69) is 11.5 Å². The number of carbonyl (C=O) groups is 1. The number of furan rings is 1. The zero-order valence-electron chi connectivity index (χ0n) is 13.3. The van der Waals surface area contributed by atoms with Crippen LogP contribution in [0.25, 0.3) is 21.7 Å². The number of amides is 1. The third-order valence-electron chi connectivity index (χ3n) is 4.33. The molecule has 24 heavy (non-hydrogen) atoms. The summed E-state index contributed by atoms with van der Waals surface area (Å²) in [6.45, 7) is 0.679. The standard InChI is InChI=1S/C19H19NO4/c21-17(20-24-18-7-3-4-10-22-18)11-14-12-23-16-9-8-13-5-1-2-6-15(13)19(14)16/h1-2,5-6,8-9,12,18H,3-4,7,10-11H2,(H,20,21)/t18-/m1/s1. The van der Waals surface area contributed by atoms with Crippen LogP contribution in [-0.2, 0) is 20.8 Å². The van der Waals surface area contributed by atoms with E-state index in [0.717, 1.165) is 46.6 Å². The summed E-state index contributed by atoms with van der Waals surface area (Å²) in [5.74, 6) is -0.209. The maximum Gasteiger partial charge on any atom is 0.248 e. The first-order valence-corrected chi connectivity index (χ1v) is 8.25. The van der Waals surface area contributed by atoms with Crippen LogP contribution in [0.1, 0.15) is 24.8 Å². The summed E-state index contributed by atoms with van der Waals surface area (Å²) in [5, 5.41) is 3.19. The van der Waals surface area contributed by atoms with Gasteiger partial charge in [0.2, 0.25) is 5.91 Å². The van der Waals surface area contributed by atoms with Gasteiger partial charge in [-0.05, 0) is 29.7 Å². The zero-order chi connectivity index (χ0) is 16.4. The third kappa shape index (κ3) is 3.00. The number of rotatable bonds is 4. The lowest BCUT2D eigenvalue weighted by atomic mass is 10.0. The first kappa shape index (κ1) is 15.2. The van der Waals surface area contributed by atoms with E-state index >= 15 is 0 Å². The number of hydrogen-bond donors (Lipinski definition) is 1. The van der Waals surface area contributed by atoms with Crippen LogP contribution < -0.4 is 5.48 Å². The highest BCUT2D eigenvalue weighted by molar-refractivity contribution is 6.08. The molecule has 5 heteroatoms. The Kier molecular flexibility index (Phi) is 4.19. The molecule has 0 spiro atoms. The van der Waals surface area contributed by atoms with Crippen molar-refractivity contribution in [3.63, 3.8) is 0 Å². The molecule has 124 valence electrons. The number of ether oxygens (including phenoxy) is 1. The van der Waals surface area contributed by atoms with Gasteiger partial charge in [-0.1, -0.05) is 30.3 Å². The SMILES string of the molecule is O=C(Cc1coc2ccc3ccccc3c12)NO[C@@H]1CCCCO1.